The van der Waals surface area contributed by atoms with Crippen molar-refractivity contribution in [3.63, 3.8) is 0 Å². The number of hydrogen-bond acceptors (Lipinski definition) is 8. The Morgan fingerprint density at radius 1 is 1.29 bits per heavy atom. The van der Waals surface area contributed by atoms with Crippen molar-refractivity contribution in [2.75, 3.05) is 19.7 Å². The van der Waals surface area contributed by atoms with Crippen molar-refractivity contribution < 1.29 is 23.6 Å². The van der Waals surface area contributed by atoms with E-state index < -0.39 is 17.3 Å². The first-order chi connectivity index (χ1) is 16.7. The summed E-state index contributed by atoms with van der Waals surface area (Å²) in [6.07, 6.45) is 2.21. The molecule has 4 heterocycles. The number of rotatable bonds is 4. The number of nitrogens with zero attached hydrogens (tertiary/aromatic N) is 5. The fourth-order valence-electron chi connectivity index (χ4n) is 4.38. The number of benzene rings is 1. The van der Waals surface area contributed by atoms with Crippen LogP contribution in [0, 0.1) is 24.6 Å². The maximum absolute atomic E-state index is 14.9. The second-order valence-corrected chi connectivity index (χ2v) is 8.87. The molecule has 1 fully saturated rings. The number of carbonyl (C=O) groups is 1. The van der Waals surface area contributed by atoms with Gasteiger partial charge >= 0.3 is 0 Å². The summed E-state index contributed by atoms with van der Waals surface area (Å²) in [4.78, 5) is 23.1. The fourth-order valence-corrected chi connectivity index (χ4v) is 4.38. The van der Waals surface area contributed by atoms with Gasteiger partial charge in [0, 0.05) is 19.5 Å². The zero-order valence-electron chi connectivity index (χ0n) is 19.5. The van der Waals surface area contributed by atoms with Crippen molar-refractivity contribution in [2.24, 2.45) is 5.73 Å². The lowest BCUT2D eigenvalue weighted by atomic mass is 10.0. The van der Waals surface area contributed by atoms with Crippen LogP contribution in [0.2, 0.25) is 0 Å². The van der Waals surface area contributed by atoms with Crippen LogP contribution < -0.4 is 10.5 Å². The Hall–Kier alpha value is -3.75. The molecule has 0 bridgehead atoms. The molecule has 0 saturated carbocycles. The minimum atomic E-state index is -1.76. The van der Waals surface area contributed by atoms with E-state index in [1.807, 2.05) is 4.57 Å². The molecule has 0 aliphatic carbocycles. The van der Waals surface area contributed by atoms with E-state index in [9.17, 15) is 14.3 Å². The monoisotopic (exact) mass is 480 g/mol. The van der Waals surface area contributed by atoms with Gasteiger partial charge in [-0.2, -0.15) is 4.98 Å². The number of aryl methyl sites for hydroxylation is 1. The molecule has 10 nitrogen and oxygen atoms in total. The fraction of sp³-hybridized carbons (Fsp3) is 0.417. The van der Waals surface area contributed by atoms with Crippen LogP contribution in [-0.2, 0) is 18.7 Å². The number of amides is 1. The second-order valence-electron chi connectivity index (χ2n) is 8.87. The van der Waals surface area contributed by atoms with Gasteiger partial charge in [0.15, 0.2) is 11.3 Å². The minimum Gasteiger partial charge on any atom is -0.491 e. The number of carbonyl (C=O) groups excluding carboxylic acids is 1. The number of nitrogens with two attached hydrogens (primary N) is 1. The molecule has 35 heavy (non-hydrogen) atoms. The summed E-state index contributed by atoms with van der Waals surface area (Å²) in [7, 11) is 0. The summed E-state index contributed by atoms with van der Waals surface area (Å²) in [6, 6.07) is 2.74. The predicted octanol–water partition coefficient (Wildman–Crippen LogP) is 1.73. The van der Waals surface area contributed by atoms with Crippen LogP contribution in [0.3, 0.4) is 0 Å². The van der Waals surface area contributed by atoms with Crippen molar-refractivity contribution in [1.82, 2.24) is 24.6 Å². The van der Waals surface area contributed by atoms with Crippen LogP contribution in [-0.4, -0.2) is 55.3 Å². The number of halogens is 1. The SMILES string of the molecule is Cc1nc([C@](C)(O)C#Cc2cc3c(cc2F)OCCn2c-3nc(C(N)=O)c2CN2CCCC2)no1. The van der Waals surface area contributed by atoms with Crippen LogP contribution in [0.5, 0.6) is 5.75 Å². The van der Waals surface area contributed by atoms with Crippen molar-refractivity contribution in [1.29, 1.82) is 0 Å². The number of ether oxygens (including phenoxy) is 1. The number of primary amides is 1. The van der Waals surface area contributed by atoms with Gasteiger partial charge in [-0.25, -0.2) is 9.37 Å². The molecule has 3 aromatic rings. The molecule has 1 amide bonds. The van der Waals surface area contributed by atoms with Crippen LogP contribution >= 0.6 is 0 Å². The van der Waals surface area contributed by atoms with Gasteiger partial charge in [0.05, 0.1) is 23.4 Å². The maximum Gasteiger partial charge on any atom is 0.269 e. The van der Waals surface area contributed by atoms with Gasteiger partial charge < -0.3 is 24.7 Å². The molecule has 2 aliphatic rings. The molecule has 182 valence electrons. The summed E-state index contributed by atoms with van der Waals surface area (Å²) in [6.45, 7) is 6.12. The van der Waals surface area contributed by atoms with Crippen LogP contribution in [0.4, 0.5) is 4.39 Å². The zero-order chi connectivity index (χ0) is 24.7. The Balaban J connectivity index is 1.58. The number of imidazole rings is 1. The molecule has 5 rings (SSSR count). The van der Waals surface area contributed by atoms with Crippen molar-refractivity contribution in [3.8, 4) is 29.0 Å². The van der Waals surface area contributed by atoms with E-state index in [1.165, 1.54) is 19.1 Å². The van der Waals surface area contributed by atoms with E-state index in [4.69, 9.17) is 15.0 Å². The first-order valence-corrected chi connectivity index (χ1v) is 11.4. The third-order valence-electron chi connectivity index (χ3n) is 6.16. The molecule has 0 unspecified atom stereocenters. The largest absolute Gasteiger partial charge is 0.491 e. The second kappa shape index (κ2) is 8.79. The third-order valence-corrected chi connectivity index (χ3v) is 6.16. The smallest absolute Gasteiger partial charge is 0.269 e. The molecular weight excluding hydrogens is 455 g/mol. The molecule has 3 N–H and O–H groups in total. The average molecular weight is 481 g/mol. The van der Waals surface area contributed by atoms with Gasteiger partial charge in [0.2, 0.25) is 11.7 Å². The minimum absolute atomic E-state index is 0.0193. The molecule has 0 radical (unpaired) electrons. The molecule has 2 aromatic heterocycles. The van der Waals surface area contributed by atoms with E-state index in [0.717, 1.165) is 31.6 Å². The van der Waals surface area contributed by atoms with Gasteiger partial charge in [-0.15, -0.1) is 0 Å². The Morgan fingerprint density at radius 2 is 2.06 bits per heavy atom. The highest BCUT2D eigenvalue weighted by atomic mass is 19.1. The highest BCUT2D eigenvalue weighted by Gasteiger charge is 2.29. The van der Waals surface area contributed by atoms with Crippen LogP contribution in [0.15, 0.2) is 16.7 Å². The van der Waals surface area contributed by atoms with Crippen LogP contribution in [0.25, 0.3) is 11.4 Å². The number of hydrogen-bond donors (Lipinski definition) is 2. The number of likely N-dealkylation sites (tertiary alicyclic amines) is 1. The lowest BCUT2D eigenvalue weighted by Gasteiger charge is -2.17. The maximum atomic E-state index is 14.9. The summed E-state index contributed by atoms with van der Waals surface area (Å²) in [5.74, 6) is 5.06. The number of aliphatic hydroxyl groups is 1. The molecule has 2 aliphatic heterocycles. The van der Waals surface area contributed by atoms with Crippen molar-refractivity contribution in [3.05, 3.63) is 46.6 Å². The van der Waals surface area contributed by atoms with Gasteiger partial charge in [-0.1, -0.05) is 17.0 Å². The molecular formula is C24H25FN6O4. The molecule has 0 spiro atoms. The standard InChI is InChI=1S/C24H25FN6O4/c1-14-27-23(29-35-14)24(2,33)6-5-15-11-16-19(12-17(15)25)34-10-9-31-18(13-30-7-3-4-8-30)20(21(26)32)28-22(16)31/h11-12,33H,3-4,7-10,13H2,1-2H3,(H2,26,32)/t24-/m1/s1. The first-order valence-electron chi connectivity index (χ1n) is 11.4. The van der Waals surface area contributed by atoms with Gasteiger partial charge in [-0.05, 0) is 38.9 Å². The van der Waals surface area contributed by atoms with E-state index in [1.54, 1.807) is 6.92 Å². The number of fused-ring (bicyclic) bond motifs is 3. The van der Waals surface area contributed by atoms with Crippen molar-refractivity contribution >= 4 is 5.91 Å². The summed E-state index contributed by atoms with van der Waals surface area (Å²) in [5.41, 5.74) is 5.34. The predicted molar refractivity (Wildman–Crippen MR) is 122 cm³/mol. The van der Waals surface area contributed by atoms with E-state index >= 15 is 0 Å². The first kappa shape index (κ1) is 23.0. The average Bonchev–Trinajstić information content (AvgIpc) is 3.53. The third kappa shape index (κ3) is 4.38. The lowest BCUT2D eigenvalue weighted by Crippen LogP contribution is -2.24. The Morgan fingerprint density at radius 3 is 2.74 bits per heavy atom. The van der Waals surface area contributed by atoms with E-state index in [0.29, 0.717) is 30.2 Å². The van der Waals surface area contributed by atoms with E-state index in [2.05, 4.69) is 31.9 Å². The molecule has 1 saturated heterocycles. The van der Waals surface area contributed by atoms with Gasteiger partial charge in [0.1, 0.15) is 24.0 Å². The quantitative estimate of drug-likeness (QED) is 0.540. The highest BCUT2D eigenvalue weighted by Crippen LogP contribution is 2.36. The normalized spacial score (nSPS) is 16.9. The summed E-state index contributed by atoms with van der Waals surface area (Å²) >= 11 is 0. The Labute approximate surface area is 200 Å². The topological polar surface area (TPSA) is 133 Å². The van der Waals surface area contributed by atoms with Gasteiger partial charge in [-0.3, -0.25) is 9.69 Å². The van der Waals surface area contributed by atoms with Gasteiger partial charge in [0.25, 0.3) is 5.91 Å². The Kier molecular flexibility index (Phi) is 5.78. The lowest BCUT2D eigenvalue weighted by molar-refractivity contribution is 0.0993. The van der Waals surface area contributed by atoms with Crippen molar-refractivity contribution in [2.45, 2.75) is 45.4 Å². The molecule has 11 heteroatoms. The van der Waals surface area contributed by atoms with E-state index in [-0.39, 0.29) is 29.6 Å². The zero-order valence-corrected chi connectivity index (χ0v) is 19.5. The Bertz CT molecular complexity index is 1360. The summed E-state index contributed by atoms with van der Waals surface area (Å²) in [5, 5.41) is 14.3. The molecule has 1 atom stereocenters. The van der Waals surface area contributed by atoms with Crippen LogP contribution in [0.1, 0.15) is 53.2 Å². The number of aromatic nitrogens is 4. The highest BCUT2D eigenvalue weighted by molar-refractivity contribution is 5.93. The molecule has 1 aromatic carbocycles. The summed E-state index contributed by atoms with van der Waals surface area (Å²) < 4.78 is 27.6.